The molecule has 0 atom stereocenters. The van der Waals surface area contributed by atoms with Crippen molar-refractivity contribution >= 4 is 21.1 Å². The Morgan fingerprint density at radius 1 is 1.11 bits per heavy atom. The number of hydrogen-bond donors (Lipinski definition) is 0. The summed E-state index contributed by atoms with van der Waals surface area (Å²) in [6.45, 7) is 9.25. The van der Waals surface area contributed by atoms with Crippen molar-refractivity contribution in [3.63, 3.8) is 0 Å². The predicted molar refractivity (Wildman–Crippen MR) is 71.7 cm³/mol. The summed E-state index contributed by atoms with van der Waals surface area (Å²) in [5.41, 5.74) is 0. The van der Waals surface area contributed by atoms with Crippen molar-refractivity contribution in [3.8, 4) is 0 Å². The van der Waals surface area contributed by atoms with E-state index in [9.17, 15) is 4.79 Å². The standard InChI is InChI=1S/C6H10O3.2C3H7O.Al/c1-3-9-6(8)4-5(2)7;2*1-2-3-4;/h4,7H,3H2,1-2H3;2*2-3H2,1H3;/q;2*-1;+3/b5-4-;;;. The summed E-state index contributed by atoms with van der Waals surface area (Å²) < 4.78 is 21.5. The van der Waals surface area contributed by atoms with Gasteiger partial charge in [0.15, 0.2) is 6.61 Å². The van der Waals surface area contributed by atoms with Crippen LogP contribution in [0.25, 0.3) is 0 Å². The molecule has 0 aliphatic rings. The van der Waals surface area contributed by atoms with Gasteiger partial charge in [0, 0.05) is 13.2 Å². The summed E-state index contributed by atoms with van der Waals surface area (Å²) in [6, 6.07) is 0. The molecule has 0 aromatic heterocycles. The first-order valence-electron chi connectivity index (χ1n) is 6.40. The van der Waals surface area contributed by atoms with Crippen molar-refractivity contribution in [2.75, 3.05) is 19.8 Å². The maximum absolute atomic E-state index is 9.36. The molecule has 0 unspecified atom stereocenters. The molecule has 104 valence electrons. The van der Waals surface area contributed by atoms with E-state index in [1.165, 1.54) is 6.08 Å². The van der Waals surface area contributed by atoms with E-state index >= 15 is 0 Å². The summed E-state index contributed by atoms with van der Waals surface area (Å²) in [5.74, 6) is 0.374. The van der Waals surface area contributed by atoms with Crippen molar-refractivity contribution < 1.29 is 20.9 Å². The SMILES string of the molecule is CCC[O][Al]([O]CCC)[O]/C(C)=C\C(=[OH+])OCC. The Kier molecular flexibility index (Phi) is 11.2. The van der Waals surface area contributed by atoms with Crippen molar-refractivity contribution in [2.45, 2.75) is 40.5 Å². The van der Waals surface area contributed by atoms with Crippen LogP contribution in [0.2, 0.25) is 0 Å². The molecule has 0 fully saturated rings. The number of rotatable bonds is 10. The van der Waals surface area contributed by atoms with E-state index in [0.717, 1.165) is 12.8 Å². The number of ether oxygens (including phenoxy) is 1. The van der Waals surface area contributed by atoms with Crippen LogP contribution < -0.4 is 0 Å². The van der Waals surface area contributed by atoms with E-state index in [2.05, 4.69) is 0 Å². The highest BCUT2D eigenvalue weighted by Gasteiger charge is 2.35. The first-order chi connectivity index (χ1) is 8.63. The van der Waals surface area contributed by atoms with Crippen LogP contribution >= 0.6 is 0 Å². The van der Waals surface area contributed by atoms with Gasteiger partial charge in [0.25, 0.3) is 0 Å². The normalized spacial score (nSPS) is 11.2. The predicted octanol–water partition coefficient (Wildman–Crippen LogP) is 2.28. The van der Waals surface area contributed by atoms with Crippen LogP contribution in [0.1, 0.15) is 40.5 Å². The highest BCUT2D eigenvalue weighted by molar-refractivity contribution is 6.36. The fourth-order valence-corrected chi connectivity index (χ4v) is 2.55. The number of hydrogen-bond acceptors (Lipinski definition) is 4. The Morgan fingerprint density at radius 2 is 1.67 bits per heavy atom. The quantitative estimate of drug-likeness (QED) is 0.202. The molecular formula is C12H24AlO5+. The lowest BCUT2D eigenvalue weighted by molar-refractivity contribution is 0.117. The van der Waals surface area contributed by atoms with Crippen LogP contribution in [-0.4, -0.2) is 45.7 Å². The molecular weight excluding hydrogens is 251 g/mol. The zero-order chi connectivity index (χ0) is 13.8. The van der Waals surface area contributed by atoms with Gasteiger partial charge < -0.3 is 20.9 Å². The molecule has 5 nitrogen and oxygen atoms in total. The summed E-state index contributed by atoms with van der Waals surface area (Å²) in [5, 5.41) is 0. The van der Waals surface area contributed by atoms with E-state index in [1.807, 2.05) is 13.8 Å². The van der Waals surface area contributed by atoms with E-state index in [4.69, 9.17) is 16.1 Å². The molecule has 0 radical (unpaired) electrons. The van der Waals surface area contributed by atoms with Crippen LogP contribution in [0, 0.1) is 0 Å². The molecule has 1 N–H and O–H groups in total. The summed E-state index contributed by atoms with van der Waals surface area (Å²) in [4.78, 5) is 9.36. The van der Waals surface area contributed by atoms with Crippen LogP contribution in [-0.2, 0) is 16.1 Å². The zero-order valence-electron chi connectivity index (χ0n) is 11.8. The molecule has 0 amide bonds. The van der Waals surface area contributed by atoms with Gasteiger partial charge in [-0.2, -0.15) is 0 Å². The second kappa shape index (κ2) is 11.5. The number of allylic oxidation sites excluding steroid dienone is 1. The minimum atomic E-state index is -2.15. The molecule has 18 heavy (non-hydrogen) atoms. The largest absolute Gasteiger partial charge is 1.00 e. The summed E-state index contributed by atoms with van der Waals surface area (Å²) in [7, 11) is 0. The van der Waals surface area contributed by atoms with Gasteiger partial charge in [-0.1, -0.05) is 13.8 Å². The van der Waals surface area contributed by atoms with Crippen molar-refractivity contribution in [1.29, 1.82) is 0 Å². The number of esters is 1. The molecule has 0 aliphatic heterocycles. The number of carbonyl (C=O) groups excluding carboxylic acids is 1. The van der Waals surface area contributed by atoms with Crippen molar-refractivity contribution in [2.24, 2.45) is 0 Å². The van der Waals surface area contributed by atoms with Gasteiger partial charge in [-0.15, -0.1) is 0 Å². The minimum absolute atomic E-state index is 0.159. The van der Waals surface area contributed by atoms with Crippen LogP contribution in [0.4, 0.5) is 0 Å². The van der Waals surface area contributed by atoms with Crippen LogP contribution in [0.5, 0.6) is 0 Å². The van der Waals surface area contributed by atoms with Gasteiger partial charge in [-0.3, -0.25) is 0 Å². The molecule has 0 rings (SSSR count). The topological polar surface area (TPSA) is 58.3 Å². The van der Waals surface area contributed by atoms with Gasteiger partial charge in [0.05, 0.1) is 5.76 Å². The average Bonchev–Trinajstić information content (AvgIpc) is 2.32. The minimum Gasteiger partial charge on any atom is -0.602 e. The third kappa shape index (κ3) is 9.49. The molecule has 0 bridgehead atoms. The van der Waals surface area contributed by atoms with Crippen molar-refractivity contribution in [1.82, 2.24) is 0 Å². The second-order valence-electron chi connectivity index (χ2n) is 3.67. The van der Waals surface area contributed by atoms with E-state index in [0.29, 0.717) is 25.6 Å². The smallest absolute Gasteiger partial charge is 0.602 e. The maximum Gasteiger partial charge on any atom is 1.00 e. The highest BCUT2D eigenvalue weighted by atomic mass is 27.3. The van der Waals surface area contributed by atoms with Gasteiger partial charge in [-0.25, -0.2) is 0 Å². The second-order valence-corrected chi connectivity index (χ2v) is 5.15. The average molecular weight is 275 g/mol. The fourth-order valence-electron chi connectivity index (χ4n) is 1.09. The fraction of sp³-hybridized carbons (Fsp3) is 0.750. The third-order valence-electron chi connectivity index (χ3n) is 1.82. The molecule has 0 aliphatic carbocycles. The van der Waals surface area contributed by atoms with Crippen LogP contribution in [0.15, 0.2) is 11.8 Å². The molecule has 0 saturated heterocycles. The lowest BCUT2D eigenvalue weighted by atomic mass is 10.5. The molecule has 0 aromatic rings. The van der Waals surface area contributed by atoms with E-state index in [-0.39, 0.29) is 5.97 Å². The molecule has 0 saturated carbocycles. The lowest BCUT2D eigenvalue weighted by Gasteiger charge is -2.13. The summed E-state index contributed by atoms with van der Waals surface area (Å²) >= 11 is -2.15. The lowest BCUT2D eigenvalue weighted by Crippen LogP contribution is -2.27. The molecule has 0 aromatic carbocycles. The van der Waals surface area contributed by atoms with Crippen LogP contribution in [0.3, 0.4) is 0 Å². The monoisotopic (exact) mass is 275 g/mol. The zero-order valence-corrected chi connectivity index (χ0v) is 12.9. The maximum atomic E-state index is 9.36. The summed E-state index contributed by atoms with van der Waals surface area (Å²) in [6.07, 6.45) is 3.26. The van der Waals surface area contributed by atoms with Gasteiger partial charge >= 0.3 is 21.1 Å². The Morgan fingerprint density at radius 3 is 2.11 bits per heavy atom. The molecule has 0 spiro atoms. The first-order valence-corrected chi connectivity index (χ1v) is 7.82. The molecule has 6 heteroatoms. The molecule has 0 heterocycles. The van der Waals surface area contributed by atoms with E-state index < -0.39 is 15.1 Å². The highest BCUT2D eigenvalue weighted by Crippen LogP contribution is 2.04. The third-order valence-corrected chi connectivity index (χ3v) is 3.40. The van der Waals surface area contributed by atoms with Crippen molar-refractivity contribution in [3.05, 3.63) is 11.8 Å². The van der Waals surface area contributed by atoms with Gasteiger partial charge in [-0.05, 0) is 26.7 Å². The first kappa shape index (κ1) is 17.5. The Balaban J connectivity index is 4.22. The van der Waals surface area contributed by atoms with Gasteiger partial charge in [0.2, 0.25) is 0 Å². The Hall–Kier alpha value is -0.538. The van der Waals surface area contributed by atoms with Gasteiger partial charge in [0.1, 0.15) is 6.08 Å². The Labute approximate surface area is 114 Å². The van der Waals surface area contributed by atoms with E-state index in [1.54, 1.807) is 13.8 Å². The Bertz CT molecular complexity index is 247.